The number of carbonyl (C=O) groups is 2. The molecular weight excluding hydrogens is 378 g/mol. The van der Waals surface area contributed by atoms with E-state index in [1.54, 1.807) is 24.3 Å². The Morgan fingerprint density at radius 1 is 0.933 bits per heavy atom. The Balaban J connectivity index is 1.66. The summed E-state index contributed by atoms with van der Waals surface area (Å²) < 4.78 is 4.66. The number of aryl methyl sites for hydroxylation is 1. The molecule has 4 N–H and O–H groups in total. The van der Waals surface area contributed by atoms with E-state index in [1.807, 2.05) is 48.5 Å². The number of amidine groups is 1. The van der Waals surface area contributed by atoms with Crippen LogP contribution in [0, 0.1) is 5.41 Å². The first kappa shape index (κ1) is 20.8. The van der Waals surface area contributed by atoms with Crippen LogP contribution in [0.4, 0.5) is 5.69 Å². The molecule has 0 atom stereocenters. The normalized spacial score (nSPS) is 10.3. The minimum absolute atomic E-state index is 0.0305. The maximum atomic E-state index is 12.6. The summed E-state index contributed by atoms with van der Waals surface area (Å²) in [5.74, 6) is -0.443. The first-order valence-corrected chi connectivity index (χ1v) is 9.48. The number of nitrogens with one attached hydrogen (secondary N) is 2. The SMILES string of the molecule is COC(=O)CCc1cccc(NC(=O)c2ccc(-c3ccc(C(=N)N)cc3)cc2)c1. The van der Waals surface area contributed by atoms with Crippen molar-refractivity contribution in [2.45, 2.75) is 12.8 Å². The maximum Gasteiger partial charge on any atom is 0.305 e. The average molecular weight is 401 g/mol. The van der Waals surface area contributed by atoms with E-state index in [0.29, 0.717) is 29.7 Å². The second-order valence-corrected chi connectivity index (χ2v) is 6.80. The van der Waals surface area contributed by atoms with Gasteiger partial charge in [0.25, 0.3) is 5.91 Å². The quantitative estimate of drug-likeness (QED) is 0.316. The van der Waals surface area contributed by atoms with Crippen molar-refractivity contribution in [2.75, 3.05) is 12.4 Å². The molecular formula is C24H23N3O3. The van der Waals surface area contributed by atoms with Gasteiger partial charge in [0.15, 0.2) is 0 Å². The van der Waals surface area contributed by atoms with E-state index in [4.69, 9.17) is 11.1 Å². The molecule has 0 saturated heterocycles. The highest BCUT2D eigenvalue weighted by molar-refractivity contribution is 6.04. The average Bonchev–Trinajstić information content (AvgIpc) is 2.78. The Hall–Kier alpha value is -3.93. The van der Waals surface area contributed by atoms with Crippen molar-refractivity contribution < 1.29 is 14.3 Å². The van der Waals surface area contributed by atoms with Gasteiger partial charge in [-0.25, -0.2) is 0 Å². The number of hydrogen-bond acceptors (Lipinski definition) is 4. The number of methoxy groups -OCH3 is 1. The molecule has 0 fully saturated rings. The Morgan fingerprint density at radius 3 is 2.10 bits per heavy atom. The van der Waals surface area contributed by atoms with Crippen LogP contribution in [-0.2, 0) is 16.0 Å². The van der Waals surface area contributed by atoms with Gasteiger partial charge in [0.2, 0.25) is 0 Å². The molecule has 0 bridgehead atoms. The molecule has 152 valence electrons. The monoisotopic (exact) mass is 401 g/mol. The number of nitrogens with two attached hydrogens (primary N) is 1. The lowest BCUT2D eigenvalue weighted by Gasteiger charge is -2.09. The van der Waals surface area contributed by atoms with E-state index in [-0.39, 0.29) is 17.7 Å². The Morgan fingerprint density at radius 2 is 1.53 bits per heavy atom. The first-order valence-electron chi connectivity index (χ1n) is 9.48. The fourth-order valence-corrected chi connectivity index (χ4v) is 3.01. The lowest BCUT2D eigenvalue weighted by Crippen LogP contribution is -2.12. The molecule has 0 saturated carbocycles. The van der Waals surface area contributed by atoms with Crippen LogP contribution in [0.5, 0.6) is 0 Å². The number of carbonyl (C=O) groups excluding carboxylic acids is 2. The molecule has 3 aromatic rings. The summed E-state index contributed by atoms with van der Waals surface area (Å²) in [6, 6.07) is 22.1. The number of amides is 1. The highest BCUT2D eigenvalue weighted by atomic mass is 16.5. The summed E-state index contributed by atoms with van der Waals surface area (Å²) in [5.41, 5.74) is 10.3. The van der Waals surface area contributed by atoms with Gasteiger partial charge in [-0.1, -0.05) is 48.5 Å². The number of anilines is 1. The summed E-state index contributed by atoms with van der Waals surface area (Å²) in [7, 11) is 1.37. The van der Waals surface area contributed by atoms with E-state index in [0.717, 1.165) is 16.7 Å². The summed E-state index contributed by atoms with van der Waals surface area (Å²) >= 11 is 0. The highest BCUT2D eigenvalue weighted by Crippen LogP contribution is 2.21. The fourth-order valence-electron chi connectivity index (χ4n) is 3.01. The zero-order chi connectivity index (χ0) is 21.5. The topological polar surface area (TPSA) is 105 Å². The second kappa shape index (κ2) is 9.52. The molecule has 0 aromatic heterocycles. The van der Waals surface area contributed by atoms with Crippen molar-refractivity contribution in [3.8, 4) is 11.1 Å². The molecule has 0 spiro atoms. The van der Waals surface area contributed by atoms with Crippen LogP contribution < -0.4 is 11.1 Å². The molecule has 30 heavy (non-hydrogen) atoms. The van der Waals surface area contributed by atoms with Crippen molar-refractivity contribution in [2.24, 2.45) is 5.73 Å². The molecule has 3 rings (SSSR count). The second-order valence-electron chi connectivity index (χ2n) is 6.80. The van der Waals surface area contributed by atoms with Crippen LogP contribution in [0.1, 0.15) is 27.9 Å². The zero-order valence-corrected chi connectivity index (χ0v) is 16.6. The number of esters is 1. The summed E-state index contributed by atoms with van der Waals surface area (Å²) in [5, 5.41) is 10.3. The van der Waals surface area contributed by atoms with Gasteiger partial charge in [0.05, 0.1) is 7.11 Å². The maximum absolute atomic E-state index is 12.6. The summed E-state index contributed by atoms with van der Waals surface area (Å²) in [6.45, 7) is 0. The number of nitrogen functional groups attached to an aromatic ring is 1. The van der Waals surface area contributed by atoms with Gasteiger partial charge < -0.3 is 15.8 Å². The van der Waals surface area contributed by atoms with Gasteiger partial charge in [-0.15, -0.1) is 0 Å². The van der Waals surface area contributed by atoms with Gasteiger partial charge >= 0.3 is 5.97 Å². The summed E-state index contributed by atoms with van der Waals surface area (Å²) in [6.07, 6.45) is 0.844. The number of ether oxygens (including phenoxy) is 1. The molecule has 0 unspecified atom stereocenters. The van der Waals surface area contributed by atoms with E-state index < -0.39 is 0 Å². The van der Waals surface area contributed by atoms with E-state index in [2.05, 4.69) is 10.1 Å². The van der Waals surface area contributed by atoms with Gasteiger partial charge in [-0.2, -0.15) is 0 Å². The van der Waals surface area contributed by atoms with Crippen LogP contribution in [0.15, 0.2) is 72.8 Å². The number of hydrogen-bond donors (Lipinski definition) is 3. The largest absolute Gasteiger partial charge is 0.469 e. The van der Waals surface area contributed by atoms with Crippen molar-refractivity contribution in [1.29, 1.82) is 5.41 Å². The van der Waals surface area contributed by atoms with Gasteiger partial charge in [-0.3, -0.25) is 15.0 Å². The Labute approximate surface area is 175 Å². The van der Waals surface area contributed by atoms with E-state index in [1.165, 1.54) is 7.11 Å². The van der Waals surface area contributed by atoms with Crippen LogP contribution in [0.2, 0.25) is 0 Å². The zero-order valence-electron chi connectivity index (χ0n) is 16.6. The molecule has 0 aliphatic carbocycles. The van der Waals surface area contributed by atoms with E-state index >= 15 is 0 Å². The summed E-state index contributed by atoms with van der Waals surface area (Å²) in [4.78, 5) is 23.9. The fraction of sp³-hybridized carbons (Fsp3) is 0.125. The predicted molar refractivity (Wildman–Crippen MR) is 118 cm³/mol. The van der Waals surface area contributed by atoms with Crippen LogP contribution in [-0.4, -0.2) is 24.8 Å². The molecule has 3 aromatic carbocycles. The molecule has 0 heterocycles. The van der Waals surface area contributed by atoms with Gasteiger partial charge in [-0.05, 0) is 47.4 Å². The molecule has 6 nitrogen and oxygen atoms in total. The van der Waals surface area contributed by atoms with Crippen molar-refractivity contribution in [1.82, 2.24) is 0 Å². The lowest BCUT2D eigenvalue weighted by atomic mass is 10.0. The van der Waals surface area contributed by atoms with Crippen LogP contribution in [0.3, 0.4) is 0 Å². The molecule has 1 amide bonds. The third kappa shape index (κ3) is 5.32. The van der Waals surface area contributed by atoms with Crippen molar-refractivity contribution in [3.63, 3.8) is 0 Å². The highest BCUT2D eigenvalue weighted by Gasteiger charge is 2.08. The molecule has 0 aliphatic rings. The Bertz CT molecular complexity index is 1060. The van der Waals surface area contributed by atoms with Crippen molar-refractivity contribution >= 4 is 23.4 Å². The number of rotatable bonds is 7. The van der Waals surface area contributed by atoms with Gasteiger partial charge in [0.1, 0.15) is 5.84 Å². The Kier molecular flexibility index (Phi) is 6.60. The smallest absolute Gasteiger partial charge is 0.305 e. The standard InChI is InChI=1S/C24H23N3O3/c1-30-22(28)14-5-16-3-2-4-21(15-16)27-24(29)20-12-8-18(9-13-20)17-6-10-19(11-7-17)23(25)26/h2-4,6-13,15H,5,14H2,1H3,(H3,25,26)(H,27,29). The molecule has 0 radical (unpaired) electrons. The first-order chi connectivity index (χ1) is 14.5. The minimum atomic E-state index is -0.263. The third-order valence-electron chi connectivity index (χ3n) is 4.71. The predicted octanol–water partition coefficient (Wildman–Crippen LogP) is 4.00. The van der Waals surface area contributed by atoms with Crippen molar-refractivity contribution in [3.05, 3.63) is 89.5 Å². The third-order valence-corrected chi connectivity index (χ3v) is 4.71. The molecule has 0 aliphatic heterocycles. The van der Waals surface area contributed by atoms with Crippen LogP contribution >= 0.6 is 0 Å². The van der Waals surface area contributed by atoms with Crippen LogP contribution in [0.25, 0.3) is 11.1 Å². The number of benzene rings is 3. The lowest BCUT2D eigenvalue weighted by molar-refractivity contribution is -0.140. The molecule has 6 heteroatoms. The van der Waals surface area contributed by atoms with Gasteiger partial charge in [0, 0.05) is 23.2 Å². The minimum Gasteiger partial charge on any atom is -0.469 e. The van der Waals surface area contributed by atoms with E-state index in [9.17, 15) is 9.59 Å².